The number of halogens is 1. The average Bonchev–Trinajstić information content (AvgIpc) is 2.97. The molecular formula is C18H16ClNO3. The van der Waals surface area contributed by atoms with Gasteiger partial charge < -0.3 is 10.1 Å². The lowest BCUT2D eigenvalue weighted by atomic mass is 10.0. The fourth-order valence-corrected chi connectivity index (χ4v) is 3.21. The van der Waals surface area contributed by atoms with Gasteiger partial charge in [-0.15, -0.1) is 0 Å². The second-order valence-corrected chi connectivity index (χ2v) is 5.82. The van der Waals surface area contributed by atoms with E-state index in [9.17, 15) is 9.59 Å². The number of rotatable bonds is 3. The highest BCUT2D eigenvalue weighted by molar-refractivity contribution is 6.33. The predicted molar refractivity (Wildman–Crippen MR) is 87.8 cm³/mol. The summed E-state index contributed by atoms with van der Waals surface area (Å²) in [5.74, 6) is -0.558. The molecule has 5 heteroatoms. The third kappa shape index (κ3) is 2.94. The van der Waals surface area contributed by atoms with E-state index in [-0.39, 0.29) is 17.9 Å². The van der Waals surface area contributed by atoms with Gasteiger partial charge in [-0.2, -0.15) is 0 Å². The third-order valence-electron chi connectivity index (χ3n) is 4.10. The van der Waals surface area contributed by atoms with E-state index in [1.54, 1.807) is 30.3 Å². The molecule has 1 aliphatic rings. The van der Waals surface area contributed by atoms with Crippen LogP contribution >= 0.6 is 11.6 Å². The first-order valence-corrected chi connectivity index (χ1v) is 7.75. The molecule has 0 heterocycles. The minimum atomic E-state index is -0.347. The number of amides is 1. The number of hydrogen-bond donors (Lipinski definition) is 1. The zero-order chi connectivity index (χ0) is 16.4. The molecule has 0 fully saturated rings. The van der Waals surface area contributed by atoms with Gasteiger partial charge in [0.25, 0.3) is 5.91 Å². The second kappa shape index (κ2) is 6.42. The zero-order valence-corrected chi connectivity index (χ0v) is 13.4. The zero-order valence-electron chi connectivity index (χ0n) is 12.6. The van der Waals surface area contributed by atoms with E-state index in [0.29, 0.717) is 16.1 Å². The van der Waals surface area contributed by atoms with Crippen LogP contribution in [-0.4, -0.2) is 19.0 Å². The molecule has 118 valence electrons. The highest BCUT2D eigenvalue weighted by Crippen LogP contribution is 2.34. The monoisotopic (exact) mass is 329 g/mol. The van der Waals surface area contributed by atoms with Crippen molar-refractivity contribution in [2.24, 2.45) is 0 Å². The fraction of sp³-hybridized carbons (Fsp3) is 0.222. The Bertz CT molecular complexity index is 773. The van der Waals surface area contributed by atoms with Crippen molar-refractivity contribution < 1.29 is 14.3 Å². The number of ether oxygens (including phenoxy) is 1. The number of benzene rings is 2. The first-order valence-electron chi connectivity index (χ1n) is 7.37. The van der Waals surface area contributed by atoms with Crippen LogP contribution in [0.3, 0.4) is 0 Å². The molecule has 1 aliphatic carbocycles. The summed E-state index contributed by atoms with van der Waals surface area (Å²) in [5.41, 5.74) is 2.93. The number of hydrogen-bond acceptors (Lipinski definition) is 3. The van der Waals surface area contributed by atoms with Gasteiger partial charge in [0, 0.05) is 0 Å². The molecule has 2 aromatic rings. The van der Waals surface area contributed by atoms with Gasteiger partial charge in [-0.1, -0.05) is 35.9 Å². The fourth-order valence-electron chi connectivity index (χ4n) is 2.99. The van der Waals surface area contributed by atoms with Crippen molar-refractivity contribution in [1.82, 2.24) is 5.32 Å². The normalized spacial score (nSPS) is 15.8. The molecule has 0 saturated carbocycles. The molecule has 23 heavy (non-hydrogen) atoms. The van der Waals surface area contributed by atoms with Gasteiger partial charge >= 0.3 is 5.97 Å². The molecule has 1 atom stereocenters. The summed E-state index contributed by atoms with van der Waals surface area (Å²) in [4.78, 5) is 24.3. The van der Waals surface area contributed by atoms with Crippen LogP contribution in [0.2, 0.25) is 5.02 Å². The average molecular weight is 330 g/mol. The summed E-state index contributed by atoms with van der Waals surface area (Å²) in [6.07, 6.45) is 1.48. The number of esters is 1. The lowest BCUT2D eigenvalue weighted by molar-refractivity contribution is 0.0599. The Morgan fingerprint density at radius 2 is 1.87 bits per heavy atom. The topological polar surface area (TPSA) is 55.4 Å². The third-order valence-corrected chi connectivity index (χ3v) is 4.43. The first kappa shape index (κ1) is 15.6. The Morgan fingerprint density at radius 3 is 2.61 bits per heavy atom. The molecule has 1 N–H and O–H groups in total. The summed E-state index contributed by atoms with van der Waals surface area (Å²) in [6.45, 7) is 0. The highest BCUT2D eigenvalue weighted by atomic mass is 35.5. The molecule has 0 radical (unpaired) electrons. The van der Waals surface area contributed by atoms with Crippen molar-refractivity contribution in [3.05, 3.63) is 69.7 Å². The maximum Gasteiger partial charge on any atom is 0.338 e. The molecule has 4 nitrogen and oxygen atoms in total. The van der Waals surface area contributed by atoms with E-state index in [2.05, 4.69) is 5.32 Å². The van der Waals surface area contributed by atoms with Crippen LogP contribution in [0.1, 0.15) is 44.3 Å². The van der Waals surface area contributed by atoms with E-state index in [1.807, 2.05) is 12.1 Å². The van der Waals surface area contributed by atoms with Crippen LogP contribution in [-0.2, 0) is 11.2 Å². The Kier molecular flexibility index (Phi) is 4.35. The molecular weight excluding hydrogens is 314 g/mol. The first-order chi connectivity index (χ1) is 11.1. The van der Waals surface area contributed by atoms with Gasteiger partial charge in [0.05, 0.1) is 29.3 Å². The van der Waals surface area contributed by atoms with Crippen LogP contribution < -0.4 is 5.32 Å². The lowest BCUT2D eigenvalue weighted by Crippen LogP contribution is -2.27. The standard InChI is InChI=1S/C18H16ClNO3/c1-23-18(22)13-7-4-6-12-11(13)9-10-16(12)20-17(21)14-5-2-3-8-15(14)19/h2-8,16H,9-10H2,1H3,(H,20,21)/t16-/m1/s1. The van der Waals surface area contributed by atoms with E-state index in [0.717, 1.165) is 24.0 Å². The molecule has 3 rings (SSSR count). The maximum atomic E-state index is 12.4. The number of carbonyl (C=O) groups is 2. The van der Waals surface area contributed by atoms with Crippen molar-refractivity contribution in [3.63, 3.8) is 0 Å². The lowest BCUT2D eigenvalue weighted by Gasteiger charge is -2.15. The quantitative estimate of drug-likeness (QED) is 0.876. The van der Waals surface area contributed by atoms with Crippen LogP contribution in [0, 0.1) is 0 Å². The van der Waals surface area contributed by atoms with Crippen LogP contribution in [0.25, 0.3) is 0 Å². The molecule has 0 bridgehead atoms. The molecule has 2 aromatic carbocycles. The summed E-state index contributed by atoms with van der Waals surface area (Å²) in [5, 5.41) is 3.42. The largest absolute Gasteiger partial charge is 0.465 e. The van der Waals surface area contributed by atoms with Crippen molar-refractivity contribution >= 4 is 23.5 Å². The minimum Gasteiger partial charge on any atom is -0.465 e. The Morgan fingerprint density at radius 1 is 1.13 bits per heavy atom. The number of fused-ring (bicyclic) bond motifs is 1. The Labute approximate surface area is 139 Å². The molecule has 1 amide bonds. The van der Waals surface area contributed by atoms with Crippen molar-refractivity contribution in [1.29, 1.82) is 0 Å². The van der Waals surface area contributed by atoms with Gasteiger partial charge in [0.15, 0.2) is 0 Å². The number of methoxy groups -OCH3 is 1. The summed E-state index contributed by atoms with van der Waals surface area (Å²) in [7, 11) is 1.37. The minimum absolute atomic E-state index is 0.127. The van der Waals surface area contributed by atoms with Gasteiger partial charge in [-0.25, -0.2) is 4.79 Å². The smallest absolute Gasteiger partial charge is 0.338 e. The molecule has 0 saturated heterocycles. The molecule has 0 unspecified atom stereocenters. The highest BCUT2D eigenvalue weighted by Gasteiger charge is 2.28. The Balaban J connectivity index is 1.85. The van der Waals surface area contributed by atoms with Gasteiger partial charge in [-0.3, -0.25) is 4.79 Å². The number of carbonyl (C=O) groups excluding carboxylic acids is 2. The van der Waals surface area contributed by atoms with Crippen molar-refractivity contribution in [3.8, 4) is 0 Å². The Hall–Kier alpha value is -2.33. The van der Waals surface area contributed by atoms with Crippen LogP contribution in [0.5, 0.6) is 0 Å². The molecule has 0 aliphatic heterocycles. The molecule has 0 aromatic heterocycles. The predicted octanol–water partition coefficient (Wildman–Crippen LogP) is 3.54. The summed E-state index contributed by atoms with van der Waals surface area (Å²) in [6, 6.07) is 12.3. The van der Waals surface area contributed by atoms with Gasteiger partial charge in [-0.05, 0) is 42.2 Å². The van der Waals surface area contributed by atoms with Gasteiger partial charge in [0.2, 0.25) is 0 Å². The second-order valence-electron chi connectivity index (χ2n) is 5.41. The van der Waals surface area contributed by atoms with Crippen LogP contribution in [0.15, 0.2) is 42.5 Å². The summed E-state index contributed by atoms with van der Waals surface area (Å²) < 4.78 is 4.82. The van der Waals surface area contributed by atoms with E-state index in [1.165, 1.54) is 7.11 Å². The van der Waals surface area contributed by atoms with Crippen molar-refractivity contribution in [2.75, 3.05) is 7.11 Å². The van der Waals surface area contributed by atoms with Gasteiger partial charge in [0.1, 0.15) is 0 Å². The SMILES string of the molecule is COC(=O)c1cccc2c1CC[C@H]2NC(=O)c1ccccc1Cl. The van der Waals surface area contributed by atoms with E-state index in [4.69, 9.17) is 16.3 Å². The van der Waals surface area contributed by atoms with Crippen LogP contribution in [0.4, 0.5) is 0 Å². The van der Waals surface area contributed by atoms with E-state index < -0.39 is 0 Å². The maximum absolute atomic E-state index is 12.4. The summed E-state index contributed by atoms with van der Waals surface area (Å²) >= 11 is 6.07. The van der Waals surface area contributed by atoms with E-state index >= 15 is 0 Å². The number of nitrogens with one attached hydrogen (secondary N) is 1. The molecule has 0 spiro atoms. The van der Waals surface area contributed by atoms with Crippen molar-refractivity contribution in [2.45, 2.75) is 18.9 Å².